The molecule has 0 aliphatic heterocycles. The minimum atomic E-state index is 1.17. The van der Waals surface area contributed by atoms with Crippen LogP contribution in [-0.2, 0) is 0 Å². The SMILES string of the molecule is C=C/C(C)=C(\C=C)c1cc(C)ccc1C. The third-order valence-corrected chi connectivity index (χ3v) is 2.62. The average Bonchev–Trinajstić information content (AvgIpc) is 2.23. The molecule has 0 fully saturated rings. The van der Waals surface area contributed by atoms with Crippen LogP contribution in [0.3, 0.4) is 0 Å². The van der Waals surface area contributed by atoms with Gasteiger partial charge in [-0.05, 0) is 43.0 Å². The Morgan fingerprint density at radius 1 is 1.13 bits per heavy atom. The molecule has 78 valence electrons. The summed E-state index contributed by atoms with van der Waals surface area (Å²) < 4.78 is 0. The zero-order valence-electron chi connectivity index (χ0n) is 9.80. The van der Waals surface area contributed by atoms with Crippen molar-refractivity contribution < 1.29 is 0 Å². The number of benzene rings is 1. The van der Waals surface area contributed by atoms with E-state index in [0.717, 1.165) is 0 Å². The van der Waals surface area contributed by atoms with E-state index in [0.29, 0.717) is 0 Å². The van der Waals surface area contributed by atoms with Gasteiger partial charge in [-0.1, -0.05) is 49.1 Å². The highest BCUT2D eigenvalue weighted by molar-refractivity contribution is 5.79. The van der Waals surface area contributed by atoms with Crippen molar-refractivity contribution in [1.29, 1.82) is 0 Å². The maximum atomic E-state index is 3.87. The summed E-state index contributed by atoms with van der Waals surface area (Å²) >= 11 is 0. The van der Waals surface area contributed by atoms with E-state index in [4.69, 9.17) is 0 Å². The Hall–Kier alpha value is -1.56. The Bertz CT molecular complexity index is 420. The number of hydrogen-bond acceptors (Lipinski definition) is 0. The largest absolute Gasteiger partial charge is 0.0988 e. The third-order valence-electron chi connectivity index (χ3n) is 2.62. The molecule has 0 aromatic heterocycles. The first-order chi connectivity index (χ1) is 7.10. The Morgan fingerprint density at radius 2 is 1.80 bits per heavy atom. The molecule has 0 saturated carbocycles. The summed E-state index contributed by atoms with van der Waals surface area (Å²) in [5.41, 5.74) is 6.14. The first-order valence-corrected chi connectivity index (χ1v) is 5.13. The van der Waals surface area contributed by atoms with Gasteiger partial charge in [0.1, 0.15) is 0 Å². The van der Waals surface area contributed by atoms with E-state index < -0.39 is 0 Å². The van der Waals surface area contributed by atoms with E-state index in [-0.39, 0.29) is 0 Å². The summed E-state index contributed by atoms with van der Waals surface area (Å²) in [7, 11) is 0. The second-order valence-corrected chi connectivity index (χ2v) is 3.82. The van der Waals surface area contributed by atoms with Gasteiger partial charge in [0.05, 0.1) is 0 Å². The van der Waals surface area contributed by atoms with E-state index in [1.54, 1.807) is 0 Å². The first-order valence-electron chi connectivity index (χ1n) is 5.13. The quantitative estimate of drug-likeness (QED) is 0.629. The fourth-order valence-corrected chi connectivity index (χ4v) is 1.62. The maximum Gasteiger partial charge on any atom is -0.0150 e. The van der Waals surface area contributed by atoms with Gasteiger partial charge in [-0.15, -0.1) is 0 Å². The smallest absolute Gasteiger partial charge is 0.0150 e. The van der Waals surface area contributed by atoms with Crippen LogP contribution in [0.4, 0.5) is 0 Å². The zero-order chi connectivity index (χ0) is 11.4. The van der Waals surface area contributed by atoms with Crippen LogP contribution in [0.25, 0.3) is 5.57 Å². The van der Waals surface area contributed by atoms with E-state index in [2.05, 4.69) is 52.1 Å². The molecule has 1 rings (SSSR count). The Labute approximate surface area is 92.6 Å². The fourth-order valence-electron chi connectivity index (χ4n) is 1.62. The zero-order valence-corrected chi connectivity index (χ0v) is 9.80. The molecular weight excluding hydrogens is 180 g/mol. The molecule has 15 heavy (non-hydrogen) atoms. The highest BCUT2D eigenvalue weighted by Crippen LogP contribution is 2.24. The first kappa shape index (κ1) is 11.5. The molecule has 0 bridgehead atoms. The van der Waals surface area contributed by atoms with Crippen molar-refractivity contribution >= 4 is 5.57 Å². The molecule has 0 amide bonds. The van der Waals surface area contributed by atoms with E-state index in [9.17, 15) is 0 Å². The van der Waals surface area contributed by atoms with Crippen LogP contribution in [0, 0.1) is 13.8 Å². The number of allylic oxidation sites excluding steroid dienone is 4. The predicted octanol–water partition coefficient (Wildman–Crippen LogP) is 4.45. The lowest BCUT2D eigenvalue weighted by molar-refractivity contribution is 1.35. The van der Waals surface area contributed by atoms with E-state index in [1.165, 1.54) is 27.8 Å². The summed E-state index contributed by atoms with van der Waals surface area (Å²) in [6.07, 6.45) is 3.78. The van der Waals surface area contributed by atoms with Crippen LogP contribution in [-0.4, -0.2) is 0 Å². The Morgan fingerprint density at radius 3 is 2.33 bits per heavy atom. The molecule has 1 aromatic carbocycles. The standard InChI is InChI=1S/C15H18/c1-6-12(4)14(7-2)15-10-11(3)8-9-13(15)5/h6-10H,1-2H2,3-5H3/b14-12+. The lowest BCUT2D eigenvalue weighted by atomic mass is 9.95. The Kier molecular flexibility index (Phi) is 3.68. The van der Waals surface area contributed by atoms with Crippen molar-refractivity contribution in [2.45, 2.75) is 20.8 Å². The molecule has 0 aliphatic carbocycles. The van der Waals surface area contributed by atoms with Crippen LogP contribution in [0.1, 0.15) is 23.6 Å². The summed E-state index contributed by atoms with van der Waals surface area (Å²) in [6, 6.07) is 6.46. The van der Waals surface area contributed by atoms with Gasteiger partial charge < -0.3 is 0 Å². The Balaban J connectivity index is 3.42. The molecule has 0 N–H and O–H groups in total. The fraction of sp³-hybridized carbons (Fsp3) is 0.200. The van der Waals surface area contributed by atoms with Crippen LogP contribution in [0.15, 0.2) is 49.1 Å². The molecule has 0 radical (unpaired) electrons. The van der Waals surface area contributed by atoms with Gasteiger partial charge in [0, 0.05) is 0 Å². The van der Waals surface area contributed by atoms with Crippen molar-refractivity contribution in [2.75, 3.05) is 0 Å². The second-order valence-electron chi connectivity index (χ2n) is 3.82. The normalized spacial score (nSPS) is 11.9. The van der Waals surface area contributed by atoms with Crippen LogP contribution in [0.5, 0.6) is 0 Å². The second kappa shape index (κ2) is 4.79. The van der Waals surface area contributed by atoms with Gasteiger partial charge in [-0.3, -0.25) is 0 Å². The molecule has 0 heteroatoms. The lowest BCUT2D eigenvalue weighted by Gasteiger charge is -2.10. The third kappa shape index (κ3) is 2.47. The van der Waals surface area contributed by atoms with Gasteiger partial charge in [-0.2, -0.15) is 0 Å². The van der Waals surface area contributed by atoms with E-state index in [1.807, 2.05) is 12.2 Å². The summed E-state index contributed by atoms with van der Waals surface area (Å²) in [6.45, 7) is 14.0. The van der Waals surface area contributed by atoms with Crippen molar-refractivity contribution in [2.24, 2.45) is 0 Å². The lowest BCUT2D eigenvalue weighted by Crippen LogP contribution is -1.90. The molecular formula is C15H18. The maximum absolute atomic E-state index is 3.87. The van der Waals surface area contributed by atoms with Gasteiger partial charge in [-0.25, -0.2) is 0 Å². The van der Waals surface area contributed by atoms with Gasteiger partial charge in [0.25, 0.3) is 0 Å². The van der Waals surface area contributed by atoms with Crippen LogP contribution < -0.4 is 0 Å². The minimum absolute atomic E-state index is 1.17. The molecule has 0 atom stereocenters. The van der Waals surface area contributed by atoms with Crippen LogP contribution in [0.2, 0.25) is 0 Å². The number of rotatable bonds is 3. The van der Waals surface area contributed by atoms with Gasteiger partial charge in [0.2, 0.25) is 0 Å². The highest BCUT2D eigenvalue weighted by atomic mass is 14.1. The predicted molar refractivity (Wildman–Crippen MR) is 68.9 cm³/mol. The molecule has 0 heterocycles. The molecule has 0 spiro atoms. The van der Waals surface area contributed by atoms with Crippen molar-refractivity contribution in [3.05, 3.63) is 65.8 Å². The topological polar surface area (TPSA) is 0 Å². The minimum Gasteiger partial charge on any atom is -0.0988 e. The summed E-state index contributed by atoms with van der Waals surface area (Å²) in [4.78, 5) is 0. The van der Waals surface area contributed by atoms with Crippen molar-refractivity contribution in [3.63, 3.8) is 0 Å². The van der Waals surface area contributed by atoms with Gasteiger partial charge in [0.15, 0.2) is 0 Å². The molecule has 1 aromatic rings. The van der Waals surface area contributed by atoms with E-state index >= 15 is 0 Å². The molecule has 0 aliphatic rings. The molecule has 0 unspecified atom stereocenters. The molecule has 0 saturated heterocycles. The summed E-state index contributed by atoms with van der Waals surface area (Å²) in [5.74, 6) is 0. The van der Waals surface area contributed by atoms with Crippen molar-refractivity contribution in [1.82, 2.24) is 0 Å². The number of aryl methyl sites for hydroxylation is 2. The van der Waals surface area contributed by atoms with Gasteiger partial charge >= 0.3 is 0 Å². The summed E-state index contributed by atoms with van der Waals surface area (Å²) in [5, 5.41) is 0. The van der Waals surface area contributed by atoms with Crippen molar-refractivity contribution in [3.8, 4) is 0 Å². The van der Waals surface area contributed by atoms with Crippen LogP contribution >= 0.6 is 0 Å². The average molecular weight is 198 g/mol. The number of hydrogen-bond donors (Lipinski definition) is 0. The monoisotopic (exact) mass is 198 g/mol. The molecule has 0 nitrogen and oxygen atoms in total. The highest BCUT2D eigenvalue weighted by Gasteiger charge is 2.04.